The molecule has 0 aromatic carbocycles. The molecule has 0 N–H and O–H groups in total. The lowest BCUT2D eigenvalue weighted by Crippen LogP contribution is -2.30. The Balaban J connectivity index is 4.09. The summed E-state index contributed by atoms with van der Waals surface area (Å²) in [5.74, 6) is -0.430. The average molecular weight is 645 g/mol. The van der Waals surface area contributed by atoms with Crippen molar-refractivity contribution < 1.29 is 23.8 Å². The standard InChI is InChI=1S/C41H72O5/c1-4-7-10-13-15-16-17-18-19-20-21-22-23-24-25-27-30-33-36-44-37-39(46-41(43)35-32-28-12-9-6-3)38-45-40(42)34-31-29-26-14-11-8-5-2/h7,10,15-16,18-19,21-22,39H,4-6,8-9,11-14,17,20,23-38H2,1-3H3/b10-7-,16-15-,19-18-,22-21-. The Morgan fingerprint density at radius 3 is 1.57 bits per heavy atom. The largest absolute Gasteiger partial charge is 0.462 e. The quantitative estimate of drug-likeness (QED) is 0.0396. The number of hydrogen-bond donors (Lipinski definition) is 0. The smallest absolute Gasteiger partial charge is 0.306 e. The van der Waals surface area contributed by atoms with E-state index in [2.05, 4.69) is 69.4 Å². The molecule has 0 saturated carbocycles. The Bertz CT molecular complexity index is 782. The number of allylic oxidation sites excluding steroid dienone is 8. The number of hydrogen-bond acceptors (Lipinski definition) is 5. The van der Waals surface area contributed by atoms with Gasteiger partial charge in [0.05, 0.1) is 6.61 Å². The SMILES string of the molecule is CC/C=C\C/C=C\C/C=C\C/C=C\CCCCCCCOCC(COC(=O)CCCCCCCCC)OC(=O)CCCCCCC. The predicted octanol–water partition coefficient (Wildman–Crippen LogP) is 12.1. The van der Waals surface area contributed by atoms with Crippen molar-refractivity contribution in [3.8, 4) is 0 Å². The third kappa shape index (κ3) is 34.7. The number of ether oxygens (including phenoxy) is 3. The molecular weight excluding hydrogens is 572 g/mol. The molecule has 0 aromatic rings. The van der Waals surface area contributed by atoms with E-state index in [0.29, 0.717) is 19.4 Å². The Hall–Kier alpha value is -2.14. The second kappa shape index (κ2) is 37.3. The summed E-state index contributed by atoms with van der Waals surface area (Å²) in [6, 6.07) is 0. The molecule has 1 atom stereocenters. The van der Waals surface area contributed by atoms with Crippen LogP contribution in [0.3, 0.4) is 0 Å². The van der Waals surface area contributed by atoms with Gasteiger partial charge in [-0.3, -0.25) is 9.59 Å². The maximum absolute atomic E-state index is 12.4. The van der Waals surface area contributed by atoms with Crippen LogP contribution < -0.4 is 0 Å². The zero-order valence-corrected chi connectivity index (χ0v) is 30.3. The molecular formula is C41H72O5. The van der Waals surface area contributed by atoms with Gasteiger partial charge >= 0.3 is 11.9 Å². The third-order valence-electron chi connectivity index (χ3n) is 7.88. The first-order valence-electron chi connectivity index (χ1n) is 19.2. The van der Waals surface area contributed by atoms with Gasteiger partial charge in [-0.2, -0.15) is 0 Å². The lowest BCUT2D eigenvalue weighted by Gasteiger charge is -2.18. The number of unbranched alkanes of at least 4 members (excludes halogenated alkanes) is 15. The van der Waals surface area contributed by atoms with E-state index in [1.54, 1.807) is 0 Å². The molecule has 5 heteroatoms. The van der Waals surface area contributed by atoms with Gasteiger partial charge in [-0.1, -0.05) is 153 Å². The Kier molecular flexibility index (Phi) is 35.6. The highest BCUT2D eigenvalue weighted by Gasteiger charge is 2.17. The minimum Gasteiger partial charge on any atom is -0.462 e. The van der Waals surface area contributed by atoms with Crippen LogP contribution in [0.25, 0.3) is 0 Å². The molecule has 266 valence electrons. The lowest BCUT2D eigenvalue weighted by atomic mass is 10.1. The normalized spacial score (nSPS) is 12.7. The molecule has 1 unspecified atom stereocenters. The van der Waals surface area contributed by atoms with Crippen molar-refractivity contribution in [1.82, 2.24) is 0 Å². The molecule has 0 aliphatic carbocycles. The maximum Gasteiger partial charge on any atom is 0.306 e. The van der Waals surface area contributed by atoms with Crippen LogP contribution in [0.1, 0.15) is 175 Å². The van der Waals surface area contributed by atoms with E-state index in [9.17, 15) is 9.59 Å². The molecule has 5 nitrogen and oxygen atoms in total. The van der Waals surface area contributed by atoms with Gasteiger partial charge in [-0.15, -0.1) is 0 Å². The second-order valence-corrected chi connectivity index (χ2v) is 12.5. The molecule has 0 saturated heterocycles. The zero-order chi connectivity index (χ0) is 33.6. The number of rotatable bonds is 34. The molecule has 0 amide bonds. The topological polar surface area (TPSA) is 61.8 Å². The van der Waals surface area contributed by atoms with Gasteiger partial charge < -0.3 is 14.2 Å². The van der Waals surface area contributed by atoms with E-state index in [4.69, 9.17) is 14.2 Å². The van der Waals surface area contributed by atoms with E-state index in [1.807, 2.05) is 0 Å². The van der Waals surface area contributed by atoms with Crippen LogP contribution in [0, 0.1) is 0 Å². The third-order valence-corrected chi connectivity index (χ3v) is 7.88. The molecule has 0 aliphatic rings. The van der Waals surface area contributed by atoms with Gasteiger partial charge in [0, 0.05) is 19.4 Å². The summed E-state index contributed by atoms with van der Waals surface area (Å²) < 4.78 is 17.0. The highest BCUT2D eigenvalue weighted by Crippen LogP contribution is 2.11. The summed E-state index contributed by atoms with van der Waals surface area (Å²) in [7, 11) is 0. The predicted molar refractivity (Wildman–Crippen MR) is 196 cm³/mol. The first-order valence-corrected chi connectivity index (χ1v) is 19.2. The molecule has 46 heavy (non-hydrogen) atoms. The van der Waals surface area contributed by atoms with Gasteiger partial charge in [0.15, 0.2) is 6.10 Å². The second-order valence-electron chi connectivity index (χ2n) is 12.5. The van der Waals surface area contributed by atoms with Gasteiger partial charge in [0.25, 0.3) is 0 Å². The summed E-state index contributed by atoms with van der Waals surface area (Å²) in [4.78, 5) is 24.7. The lowest BCUT2D eigenvalue weighted by molar-refractivity contribution is -0.163. The molecule has 0 aliphatic heterocycles. The van der Waals surface area contributed by atoms with Crippen molar-refractivity contribution in [3.63, 3.8) is 0 Å². The summed E-state index contributed by atoms with van der Waals surface area (Å²) in [6.07, 6.45) is 42.8. The summed E-state index contributed by atoms with van der Waals surface area (Å²) in [6.45, 7) is 7.55. The van der Waals surface area contributed by atoms with Crippen LogP contribution in [0.15, 0.2) is 48.6 Å². The van der Waals surface area contributed by atoms with Crippen molar-refractivity contribution in [2.45, 2.75) is 181 Å². The van der Waals surface area contributed by atoms with Crippen molar-refractivity contribution >= 4 is 11.9 Å². The van der Waals surface area contributed by atoms with Gasteiger partial charge in [-0.05, 0) is 57.8 Å². The Morgan fingerprint density at radius 2 is 0.978 bits per heavy atom. The van der Waals surface area contributed by atoms with Crippen LogP contribution in [0.5, 0.6) is 0 Å². The minimum absolute atomic E-state index is 0.0776. The van der Waals surface area contributed by atoms with Crippen molar-refractivity contribution in [3.05, 3.63) is 48.6 Å². The molecule has 0 aromatic heterocycles. The van der Waals surface area contributed by atoms with Crippen molar-refractivity contribution in [1.29, 1.82) is 0 Å². The monoisotopic (exact) mass is 645 g/mol. The van der Waals surface area contributed by atoms with Crippen molar-refractivity contribution in [2.75, 3.05) is 19.8 Å². The number of carbonyl (C=O) groups excluding carboxylic acids is 2. The molecule has 0 fully saturated rings. The van der Waals surface area contributed by atoms with Gasteiger partial charge in [-0.25, -0.2) is 0 Å². The molecule has 0 radical (unpaired) electrons. The summed E-state index contributed by atoms with van der Waals surface area (Å²) >= 11 is 0. The summed E-state index contributed by atoms with van der Waals surface area (Å²) in [5, 5.41) is 0. The van der Waals surface area contributed by atoms with Crippen LogP contribution in [-0.4, -0.2) is 37.9 Å². The highest BCUT2D eigenvalue weighted by atomic mass is 16.6. The van der Waals surface area contributed by atoms with Crippen LogP contribution in [0.4, 0.5) is 0 Å². The molecule has 0 rings (SSSR count). The first-order chi connectivity index (χ1) is 22.6. The average Bonchev–Trinajstić information content (AvgIpc) is 3.05. The zero-order valence-electron chi connectivity index (χ0n) is 30.3. The first kappa shape index (κ1) is 43.9. The summed E-state index contributed by atoms with van der Waals surface area (Å²) in [5.41, 5.74) is 0. The maximum atomic E-state index is 12.4. The van der Waals surface area contributed by atoms with E-state index in [0.717, 1.165) is 77.0 Å². The number of esters is 2. The fraction of sp³-hybridized carbons (Fsp3) is 0.756. The molecule has 0 heterocycles. The van der Waals surface area contributed by atoms with E-state index in [-0.39, 0.29) is 25.2 Å². The van der Waals surface area contributed by atoms with E-state index < -0.39 is 6.10 Å². The van der Waals surface area contributed by atoms with Gasteiger partial charge in [0.2, 0.25) is 0 Å². The Labute approximate surface area is 284 Å². The van der Waals surface area contributed by atoms with Crippen molar-refractivity contribution in [2.24, 2.45) is 0 Å². The van der Waals surface area contributed by atoms with E-state index in [1.165, 1.54) is 64.2 Å². The van der Waals surface area contributed by atoms with E-state index >= 15 is 0 Å². The minimum atomic E-state index is -0.535. The van der Waals surface area contributed by atoms with Gasteiger partial charge in [0.1, 0.15) is 6.61 Å². The fourth-order valence-corrected chi connectivity index (χ4v) is 5.03. The van der Waals surface area contributed by atoms with Crippen LogP contribution in [0.2, 0.25) is 0 Å². The highest BCUT2D eigenvalue weighted by molar-refractivity contribution is 5.70. The molecule has 0 spiro atoms. The Morgan fingerprint density at radius 1 is 0.500 bits per heavy atom. The fourth-order valence-electron chi connectivity index (χ4n) is 5.03. The van der Waals surface area contributed by atoms with Crippen LogP contribution >= 0.6 is 0 Å². The molecule has 0 bridgehead atoms. The number of carbonyl (C=O) groups is 2. The van der Waals surface area contributed by atoms with Crippen LogP contribution in [-0.2, 0) is 23.8 Å².